The second-order valence-electron chi connectivity index (χ2n) is 6.06. The average molecular weight is 435 g/mol. The number of aliphatic hydroxyl groups is 1. The highest BCUT2D eigenvalue weighted by atomic mass is 127. The molecule has 130 valence electrons. The first-order chi connectivity index (χ1) is 10.5. The lowest BCUT2D eigenvalue weighted by Gasteiger charge is -2.23. The lowest BCUT2D eigenvalue weighted by molar-refractivity contribution is 0.0522. The summed E-state index contributed by atoms with van der Waals surface area (Å²) in [5, 5.41) is 16.7. The van der Waals surface area contributed by atoms with Gasteiger partial charge in [-0.05, 0) is 43.9 Å². The monoisotopic (exact) mass is 435 g/mol. The Balaban J connectivity index is 0.00000264. The van der Waals surface area contributed by atoms with Gasteiger partial charge in [0.1, 0.15) is 5.82 Å². The standard InChI is InChI=1S/C17H26FN3O.HI/c1-3-19-16(21-12-17(22)8-4-5-9-17)20-11-14-7-6-13(2)15(18)10-14;/h6-7,10,22H,3-5,8-9,11-12H2,1-2H3,(H2,19,20,21);1H. The van der Waals surface area contributed by atoms with Crippen molar-refractivity contribution in [3.8, 4) is 0 Å². The molecule has 0 aromatic heterocycles. The van der Waals surface area contributed by atoms with Gasteiger partial charge in [-0.1, -0.05) is 25.0 Å². The van der Waals surface area contributed by atoms with Crippen molar-refractivity contribution in [3.63, 3.8) is 0 Å². The summed E-state index contributed by atoms with van der Waals surface area (Å²) < 4.78 is 13.5. The van der Waals surface area contributed by atoms with Crippen LogP contribution in [-0.4, -0.2) is 29.8 Å². The fraction of sp³-hybridized carbons (Fsp3) is 0.588. The third-order valence-corrected chi connectivity index (χ3v) is 4.12. The summed E-state index contributed by atoms with van der Waals surface area (Å²) in [4.78, 5) is 4.46. The number of guanidine groups is 1. The zero-order valence-corrected chi connectivity index (χ0v) is 16.2. The Morgan fingerprint density at radius 2 is 2.00 bits per heavy atom. The van der Waals surface area contributed by atoms with Gasteiger partial charge in [0.2, 0.25) is 0 Å². The summed E-state index contributed by atoms with van der Waals surface area (Å²) in [5.74, 6) is 0.453. The van der Waals surface area contributed by atoms with Gasteiger partial charge in [0, 0.05) is 13.1 Å². The smallest absolute Gasteiger partial charge is 0.191 e. The summed E-state index contributed by atoms with van der Waals surface area (Å²) in [5.41, 5.74) is 0.854. The molecule has 1 aromatic carbocycles. The first kappa shape index (κ1) is 20.2. The summed E-state index contributed by atoms with van der Waals surface area (Å²) in [6, 6.07) is 5.17. The third-order valence-electron chi connectivity index (χ3n) is 4.12. The van der Waals surface area contributed by atoms with Crippen molar-refractivity contribution in [3.05, 3.63) is 35.1 Å². The highest BCUT2D eigenvalue weighted by Crippen LogP contribution is 2.28. The lowest BCUT2D eigenvalue weighted by atomic mass is 10.0. The van der Waals surface area contributed by atoms with Gasteiger partial charge in [-0.2, -0.15) is 0 Å². The minimum atomic E-state index is -0.619. The van der Waals surface area contributed by atoms with Crippen molar-refractivity contribution in [1.82, 2.24) is 10.6 Å². The van der Waals surface area contributed by atoms with Crippen molar-refractivity contribution in [2.24, 2.45) is 4.99 Å². The number of halogens is 2. The van der Waals surface area contributed by atoms with Gasteiger partial charge < -0.3 is 15.7 Å². The minimum absolute atomic E-state index is 0. The number of aryl methyl sites for hydroxylation is 1. The molecule has 1 fully saturated rings. The summed E-state index contributed by atoms with van der Waals surface area (Å²) >= 11 is 0. The first-order valence-corrected chi connectivity index (χ1v) is 8.02. The van der Waals surface area contributed by atoms with E-state index >= 15 is 0 Å². The maximum atomic E-state index is 13.5. The van der Waals surface area contributed by atoms with Crippen molar-refractivity contribution in [1.29, 1.82) is 0 Å². The maximum Gasteiger partial charge on any atom is 0.191 e. The van der Waals surface area contributed by atoms with Crippen molar-refractivity contribution in [2.75, 3.05) is 13.1 Å². The number of rotatable bonds is 5. The van der Waals surface area contributed by atoms with Crippen LogP contribution in [0.15, 0.2) is 23.2 Å². The Kier molecular flexibility index (Phi) is 8.25. The quantitative estimate of drug-likeness (QED) is 0.379. The third kappa shape index (κ3) is 6.25. The fourth-order valence-corrected chi connectivity index (χ4v) is 2.70. The molecule has 0 spiro atoms. The van der Waals surface area contributed by atoms with E-state index in [2.05, 4.69) is 15.6 Å². The Labute approximate surface area is 155 Å². The number of hydrogen-bond acceptors (Lipinski definition) is 2. The molecule has 1 aliphatic rings. The number of nitrogens with one attached hydrogen (secondary N) is 2. The second-order valence-corrected chi connectivity index (χ2v) is 6.06. The van der Waals surface area contributed by atoms with Crippen LogP contribution >= 0.6 is 24.0 Å². The Morgan fingerprint density at radius 3 is 2.61 bits per heavy atom. The summed E-state index contributed by atoms with van der Waals surface area (Å²) in [7, 11) is 0. The molecule has 0 heterocycles. The molecular formula is C17H27FIN3O. The molecule has 4 nitrogen and oxygen atoms in total. The highest BCUT2D eigenvalue weighted by Gasteiger charge is 2.30. The summed E-state index contributed by atoms with van der Waals surface area (Å²) in [6.45, 7) is 5.39. The van der Waals surface area contributed by atoms with E-state index in [9.17, 15) is 9.50 Å². The second kappa shape index (κ2) is 9.42. The number of hydrogen-bond donors (Lipinski definition) is 3. The van der Waals surface area contributed by atoms with Gasteiger partial charge in [0.25, 0.3) is 0 Å². The van der Waals surface area contributed by atoms with Crippen molar-refractivity contribution in [2.45, 2.75) is 51.7 Å². The molecule has 6 heteroatoms. The lowest BCUT2D eigenvalue weighted by Crippen LogP contribution is -2.46. The van der Waals surface area contributed by atoms with E-state index in [-0.39, 0.29) is 29.8 Å². The van der Waals surface area contributed by atoms with E-state index in [0.717, 1.165) is 37.8 Å². The van der Waals surface area contributed by atoms with Gasteiger partial charge in [-0.25, -0.2) is 9.38 Å². The Morgan fingerprint density at radius 1 is 1.30 bits per heavy atom. The SMILES string of the molecule is CCNC(=NCc1ccc(C)c(F)c1)NCC1(O)CCCC1.I. The zero-order valence-electron chi connectivity index (χ0n) is 13.9. The van der Waals surface area contributed by atoms with Crippen LogP contribution in [0.3, 0.4) is 0 Å². The molecule has 0 unspecified atom stereocenters. The predicted octanol–water partition coefficient (Wildman–Crippen LogP) is 3.11. The molecule has 23 heavy (non-hydrogen) atoms. The molecule has 1 saturated carbocycles. The van der Waals surface area contributed by atoms with Crippen molar-refractivity contribution < 1.29 is 9.50 Å². The molecule has 1 aromatic rings. The number of aliphatic imine (C=N–C) groups is 1. The van der Waals surface area contributed by atoms with E-state index in [1.807, 2.05) is 13.0 Å². The molecule has 2 rings (SSSR count). The van der Waals surface area contributed by atoms with Gasteiger partial charge >= 0.3 is 0 Å². The molecule has 0 aliphatic heterocycles. The molecule has 1 aliphatic carbocycles. The molecular weight excluding hydrogens is 408 g/mol. The molecule has 0 amide bonds. The first-order valence-electron chi connectivity index (χ1n) is 8.02. The van der Waals surface area contributed by atoms with Gasteiger partial charge in [-0.15, -0.1) is 24.0 Å². The predicted molar refractivity (Wildman–Crippen MR) is 103 cm³/mol. The highest BCUT2D eigenvalue weighted by molar-refractivity contribution is 14.0. The fourth-order valence-electron chi connectivity index (χ4n) is 2.70. The van der Waals surface area contributed by atoms with Crippen LogP contribution in [0.1, 0.15) is 43.7 Å². The van der Waals surface area contributed by atoms with E-state index in [1.54, 1.807) is 13.0 Å². The van der Waals surface area contributed by atoms with E-state index in [0.29, 0.717) is 24.6 Å². The molecule has 0 saturated heterocycles. The van der Waals surface area contributed by atoms with Crippen LogP contribution in [0.4, 0.5) is 4.39 Å². The largest absolute Gasteiger partial charge is 0.388 e. The van der Waals surface area contributed by atoms with Gasteiger partial charge in [0.05, 0.1) is 12.1 Å². The Bertz CT molecular complexity index is 531. The molecule has 3 N–H and O–H groups in total. The normalized spacial score (nSPS) is 16.8. The Hall–Kier alpha value is -0.890. The summed E-state index contributed by atoms with van der Waals surface area (Å²) in [6.07, 6.45) is 3.83. The maximum absolute atomic E-state index is 13.5. The average Bonchev–Trinajstić information content (AvgIpc) is 2.93. The van der Waals surface area contributed by atoms with Crippen LogP contribution in [0, 0.1) is 12.7 Å². The molecule has 0 bridgehead atoms. The van der Waals surface area contributed by atoms with Crippen molar-refractivity contribution >= 4 is 29.9 Å². The van der Waals surface area contributed by atoms with E-state index in [1.165, 1.54) is 6.07 Å². The number of benzene rings is 1. The number of nitrogens with zero attached hydrogens (tertiary/aromatic N) is 1. The van der Waals surface area contributed by atoms with Crippen LogP contribution in [0.2, 0.25) is 0 Å². The van der Waals surface area contributed by atoms with Crippen LogP contribution in [0.25, 0.3) is 0 Å². The van der Waals surface area contributed by atoms with Crippen LogP contribution in [0.5, 0.6) is 0 Å². The zero-order chi connectivity index (χ0) is 16.0. The van der Waals surface area contributed by atoms with Gasteiger partial charge in [0.15, 0.2) is 5.96 Å². The minimum Gasteiger partial charge on any atom is -0.388 e. The van der Waals surface area contributed by atoms with E-state index in [4.69, 9.17) is 0 Å². The molecule has 0 radical (unpaired) electrons. The van der Waals surface area contributed by atoms with Gasteiger partial charge in [-0.3, -0.25) is 0 Å². The van der Waals surface area contributed by atoms with Crippen LogP contribution in [-0.2, 0) is 6.54 Å². The van der Waals surface area contributed by atoms with E-state index < -0.39 is 5.60 Å². The topological polar surface area (TPSA) is 56.7 Å². The van der Waals surface area contributed by atoms with Crippen LogP contribution < -0.4 is 10.6 Å². The molecule has 0 atom stereocenters.